The van der Waals surface area contributed by atoms with Crippen LogP contribution in [-0.4, -0.2) is 5.78 Å². The lowest BCUT2D eigenvalue weighted by atomic mass is 9.77. The van der Waals surface area contributed by atoms with E-state index < -0.39 is 0 Å². The van der Waals surface area contributed by atoms with Crippen LogP contribution in [0.5, 0.6) is 0 Å². The fourth-order valence-electron chi connectivity index (χ4n) is 2.80. The molecule has 0 aromatic heterocycles. The van der Waals surface area contributed by atoms with Crippen molar-refractivity contribution in [1.82, 2.24) is 0 Å². The molecule has 0 aromatic carbocycles. The van der Waals surface area contributed by atoms with Crippen LogP contribution in [0.4, 0.5) is 0 Å². The van der Waals surface area contributed by atoms with Crippen molar-refractivity contribution in [3.05, 3.63) is 12.2 Å². The molecule has 0 heterocycles. The highest BCUT2D eigenvalue weighted by Gasteiger charge is 2.54. The molecule has 0 bridgehead atoms. The molecule has 3 aliphatic rings. The van der Waals surface area contributed by atoms with Crippen molar-refractivity contribution in [2.45, 2.75) is 32.1 Å². The van der Waals surface area contributed by atoms with E-state index in [1.807, 2.05) is 6.08 Å². The number of ketones is 1. The highest BCUT2D eigenvalue weighted by Crippen LogP contribution is 2.62. The van der Waals surface area contributed by atoms with Gasteiger partial charge in [0.1, 0.15) is 0 Å². The molecule has 0 aliphatic heterocycles. The van der Waals surface area contributed by atoms with Gasteiger partial charge < -0.3 is 0 Å². The van der Waals surface area contributed by atoms with Crippen molar-refractivity contribution in [1.29, 1.82) is 0 Å². The third kappa shape index (κ3) is 0.825. The summed E-state index contributed by atoms with van der Waals surface area (Å²) in [5.74, 6) is 2.11. The number of rotatable bonds is 2. The van der Waals surface area contributed by atoms with E-state index in [-0.39, 0.29) is 0 Å². The van der Waals surface area contributed by atoms with Crippen molar-refractivity contribution in [3.8, 4) is 0 Å². The normalized spacial score (nSPS) is 32.8. The maximum atomic E-state index is 11.2. The third-order valence-corrected chi connectivity index (χ3v) is 3.73. The molecule has 3 aliphatic carbocycles. The summed E-state index contributed by atoms with van der Waals surface area (Å²) < 4.78 is 0. The van der Waals surface area contributed by atoms with Gasteiger partial charge in [0.2, 0.25) is 0 Å². The molecule has 0 saturated heterocycles. The first-order chi connectivity index (χ1) is 5.81. The van der Waals surface area contributed by atoms with Gasteiger partial charge in [-0.2, -0.15) is 0 Å². The van der Waals surface area contributed by atoms with Gasteiger partial charge >= 0.3 is 0 Å². The van der Waals surface area contributed by atoms with Gasteiger partial charge in [-0.1, -0.05) is 6.08 Å². The minimum atomic E-state index is 0.358. The number of hydrogen-bond acceptors (Lipinski definition) is 1. The zero-order valence-corrected chi connectivity index (χ0v) is 7.25. The molecule has 1 heteroatoms. The van der Waals surface area contributed by atoms with E-state index in [2.05, 4.69) is 6.08 Å². The minimum absolute atomic E-state index is 0.358. The molecule has 12 heavy (non-hydrogen) atoms. The Kier molecular flexibility index (Phi) is 1.15. The Bertz CT molecular complexity index is 244. The number of carbonyl (C=O) groups is 1. The summed E-state index contributed by atoms with van der Waals surface area (Å²) in [7, 11) is 0. The zero-order valence-electron chi connectivity index (χ0n) is 7.25. The zero-order chi connectivity index (χ0) is 8.18. The SMILES string of the molecule is O=C1C=CC(C2CC2)(C2CC2)C1. The van der Waals surface area contributed by atoms with E-state index in [1.165, 1.54) is 25.7 Å². The maximum absolute atomic E-state index is 11.2. The number of hydrogen-bond donors (Lipinski definition) is 0. The van der Waals surface area contributed by atoms with Crippen LogP contribution >= 0.6 is 0 Å². The topological polar surface area (TPSA) is 17.1 Å². The summed E-state index contributed by atoms with van der Waals surface area (Å²) in [4.78, 5) is 11.2. The summed E-state index contributed by atoms with van der Waals surface area (Å²) in [6.45, 7) is 0. The Morgan fingerprint density at radius 1 is 1.17 bits per heavy atom. The van der Waals surface area contributed by atoms with Crippen molar-refractivity contribution < 1.29 is 4.79 Å². The van der Waals surface area contributed by atoms with Crippen LogP contribution in [0.3, 0.4) is 0 Å². The molecule has 0 N–H and O–H groups in total. The second-order valence-corrected chi connectivity index (χ2v) is 4.64. The summed E-state index contributed by atoms with van der Waals surface area (Å²) in [6, 6.07) is 0. The van der Waals surface area contributed by atoms with Gasteiger partial charge in [0, 0.05) is 11.8 Å². The monoisotopic (exact) mass is 162 g/mol. The Morgan fingerprint density at radius 2 is 1.75 bits per heavy atom. The average Bonchev–Trinajstić information content (AvgIpc) is 2.92. The lowest BCUT2D eigenvalue weighted by Crippen LogP contribution is -2.22. The van der Waals surface area contributed by atoms with E-state index in [9.17, 15) is 4.79 Å². The molecule has 1 nitrogen and oxygen atoms in total. The van der Waals surface area contributed by atoms with Gasteiger partial charge in [-0.3, -0.25) is 4.79 Å². The first kappa shape index (κ1) is 6.88. The Hall–Kier alpha value is -0.590. The number of allylic oxidation sites excluding steroid dienone is 2. The van der Waals surface area contributed by atoms with Crippen molar-refractivity contribution in [3.63, 3.8) is 0 Å². The van der Waals surface area contributed by atoms with Crippen LogP contribution < -0.4 is 0 Å². The highest BCUT2D eigenvalue weighted by atomic mass is 16.1. The Balaban J connectivity index is 1.92. The Morgan fingerprint density at radius 3 is 2.08 bits per heavy atom. The van der Waals surface area contributed by atoms with Crippen molar-refractivity contribution in [2.75, 3.05) is 0 Å². The number of carbonyl (C=O) groups excluding carboxylic acids is 1. The second-order valence-electron chi connectivity index (χ2n) is 4.64. The van der Waals surface area contributed by atoms with Gasteiger partial charge in [-0.25, -0.2) is 0 Å². The van der Waals surface area contributed by atoms with E-state index in [1.54, 1.807) is 0 Å². The summed E-state index contributed by atoms with van der Waals surface area (Å²) in [5, 5.41) is 0. The molecule has 0 spiro atoms. The van der Waals surface area contributed by atoms with Crippen LogP contribution in [-0.2, 0) is 4.79 Å². The largest absolute Gasteiger partial charge is 0.295 e. The van der Waals surface area contributed by atoms with E-state index in [0.717, 1.165) is 18.3 Å². The predicted molar refractivity (Wildman–Crippen MR) is 46.6 cm³/mol. The van der Waals surface area contributed by atoms with Gasteiger partial charge in [-0.05, 0) is 43.6 Å². The molecule has 0 unspecified atom stereocenters. The first-order valence-electron chi connectivity index (χ1n) is 5.03. The maximum Gasteiger partial charge on any atom is 0.156 e. The summed E-state index contributed by atoms with van der Waals surface area (Å²) >= 11 is 0. The first-order valence-corrected chi connectivity index (χ1v) is 5.03. The molecule has 0 amide bonds. The van der Waals surface area contributed by atoms with Gasteiger partial charge in [0.25, 0.3) is 0 Å². The van der Waals surface area contributed by atoms with Gasteiger partial charge in [0.15, 0.2) is 5.78 Å². The average molecular weight is 162 g/mol. The quantitative estimate of drug-likeness (QED) is 0.609. The van der Waals surface area contributed by atoms with E-state index in [4.69, 9.17) is 0 Å². The standard InChI is InChI=1S/C11H14O/c12-10-5-6-11(7-10,8-1-2-8)9-3-4-9/h5-6,8-9H,1-4,7H2. The fraction of sp³-hybridized carbons (Fsp3) is 0.727. The minimum Gasteiger partial charge on any atom is -0.295 e. The van der Waals surface area contributed by atoms with Crippen LogP contribution in [0.15, 0.2) is 12.2 Å². The fourth-order valence-corrected chi connectivity index (χ4v) is 2.80. The smallest absolute Gasteiger partial charge is 0.156 e. The van der Waals surface area contributed by atoms with E-state index >= 15 is 0 Å². The van der Waals surface area contributed by atoms with Crippen molar-refractivity contribution >= 4 is 5.78 Å². The van der Waals surface area contributed by atoms with Crippen LogP contribution in [0.1, 0.15) is 32.1 Å². The molecular weight excluding hydrogens is 148 g/mol. The lowest BCUT2D eigenvalue weighted by Gasteiger charge is -2.26. The molecule has 0 radical (unpaired) electrons. The molecule has 2 saturated carbocycles. The molecule has 2 fully saturated rings. The molecule has 0 aromatic rings. The predicted octanol–water partition coefficient (Wildman–Crippen LogP) is 2.32. The van der Waals surface area contributed by atoms with Crippen LogP contribution in [0.25, 0.3) is 0 Å². The van der Waals surface area contributed by atoms with Gasteiger partial charge in [-0.15, -0.1) is 0 Å². The summed E-state index contributed by atoms with van der Waals surface area (Å²) in [6.07, 6.45) is 10.4. The highest BCUT2D eigenvalue weighted by molar-refractivity contribution is 5.93. The second kappa shape index (κ2) is 2.01. The molecular formula is C11H14O. The van der Waals surface area contributed by atoms with E-state index in [0.29, 0.717) is 11.2 Å². The van der Waals surface area contributed by atoms with Crippen molar-refractivity contribution in [2.24, 2.45) is 17.3 Å². The molecule has 3 rings (SSSR count). The van der Waals surface area contributed by atoms with Crippen LogP contribution in [0, 0.1) is 17.3 Å². The van der Waals surface area contributed by atoms with Gasteiger partial charge in [0.05, 0.1) is 0 Å². The molecule has 0 atom stereocenters. The van der Waals surface area contributed by atoms with Crippen LogP contribution in [0.2, 0.25) is 0 Å². The summed E-state index contributed by atoms with van der Waals surface area (Å²) in [5.41, 5.74) is 0.358. The molecule has 64 valence electrons. The lowest BCUT2D eigenvalue weighted by molar-refractivity contribution is -0.115. The Labute approximate surface area is 72.8 Å². The third-order valence-electron chi connectivity index (χ3n) is 3.73.